The lowest BCUT2D eigenvalue weighted by molar-refractivity contribution is -0.113. The quantitative estimate of drug-likeness (QED) is 0.286. The normalized spacial score (nSPS) is 12.9. The molecule has 2 N–H and O–H groups in total. The van der Waals surface area contributed by atoms with Crippen molar-refractivity contribution < 1.29 is 9.59 Å². The van der Waals surface area contributed by atoms with Gasteiger partial charge in [-0.15, -0.1) is 0 Å². The molecule has 2 amide bonds. The lowest BCUT2D eigenvalue weighted by Gasteiger charge is -2.16. The van der Waals surface area contributed by atoms with E-state index in [1.165, 1.54) is 11.8 Å². The van der Waals surface area contributed by atoms with E-state index in [0.29, 0.717) is 27.3 Å². The lowest BCUT2D eigenvalue weighted by atomic mass is 10.1. The number of fused-ring (bicyclic) bond motifs is 1. The van der Waals surface area contributed by atoms with Gasteiger partial charge >= 0.3 is 0 Å². The first kappa shape index (κ1) is 23.8. The number of benzene rings is 3. The lowest BCUT2D eigenvalue weighted by Crippen LogP contribution is -2.27. The number of nitrogens with zero attached hydrogens (tertiary/aromatic N) is 2. The Morgan fingerprint density at radius 1 is 1.00 bits per heavy atom. The minimum atomic E-state index is -0.290. The second-order valence-corrected chi connectivity index (χ2v) is 9.84. The van der Waals surface area contributed by atoms with E-state index < -0.39 is 0 Å². The third kappa shape index (κ3) is 4.90. The minimum absolute atomic E-state index is 0.0220. The first-order valence-electron chi connectivity index (χ1n) is 11.8. The highest BCUT2D eigenvalue weighted by molar-refractivity contribution is 7.99. The molecule has 0 saturated heterocycles. The molecule has 0 spiro atoms. The van der Waals surface area contributed by atoms with Gasteiger partial charge in [0.15, 0.2) is 5.16 Å². The smallest absolute Gasteiger partial charge is 0.266 e. The molecule has 5 rings (SSSR count). The number of carbonyl (C=O) groups excluding carboxylic acids is 2. The second kappa shape index (κ2) is 9.99. The van der Waals surface area contributed by atoms with Crippen LogP contribution in [0.25, 0.3) is 16.6 Å². The van der Waals surface area contributed by atoms with E-state index in [0.717, 1.165) is 29.7 Å². The topological polar surface area (TPSA) is 93.1 Å². The standard InChI is InChI=1S/C28H26N4O3S/c1-17-8-7-13-24(18(17)2)32-27(35)21-10-4-6-12-23(21)31-28(32)36-16-25(33)30-22-11-5-3-9-20(22)26(34)29-19-14-15-19/h3-13,19H,14-16H2,1-2H3,(H,29,34)(H,30,33). The summed E-state index contributed by atoms with van der Waals surface area (Å²) in [5.74, 6) is -0.462. The highest BCUT2D eigenvalue weighted by Gasteiger charge is 2.25. The maximum atomic E-state index is 13.5. The Balaban J connectivity index is 1.43. The SMILES string of the molecule is Cc1cccc(-n2c(SCC(=O)Nc3ccccc3C(=O)NC3CC3)nc3ccccc3c2=O)c1C. The molecule has 182 valence electrons. The van der Waals surface area contributed by atoms with Crippen LogP contribution in [0.5, 0.6) is 0 Å². The van der Waals surface area contributed by atoms with Gasteiger partial charge in [0.05, 0.1) is 33.6 Å². The summed E-state index contributed by atoms with van der Waals surface area (Å²) in [5.41, 5.74) is 4.05. The third-order valence-corrected chi connectivity index (χ3v) is 7.19. The Bertz CT molecular complexity index is 1540. The Labute approximate surface area is 212 Å². The number of aryl methyl sites for hydroxylation is 1. The molecule has 1 aliphatic rings. The highest BCUT2D eigenvalue weighted by atomic mass is 32.2. The van der Waals surface area contributed by atoms with Crippen LogP contribution in [0.3, 0.4) is 0 Å². The van der Waals surface area contributed by atoms with E-state index in [1.54, 1.807) is 41.0 Å². The maximum absolute atomic E-state index is 13.5. The largest absolute Gasteiger partial charge is 0.349 e. The van der Waals surface area contributed by atoms with E-state index in [4.69, 9.17) is 4.98 Å². The number of para-hydroxylation sites is 2. The van der Waals surface area contributed by atoms with Gasteiger partial charge in [-0.3, -0.25) is 19.0 Å². The predicted octanol–water partition coefficient (Wildman–Crippen LogP) is 4.63. The van der Waals surface area contributed by atoms with Crippen molar-refractivity contribution >= 4 is 40.2 Å². The van der Waals surface area contributed by atoms with Crippen LogP contribution in [0.4, 0.5) is 5.69 Å². The average molecular weight is 499 g/mol. The molecule has 8 heteroatoms. The minimum Gasteiger partial charge on any atom is -0.349 e. The molecule has 1 aliphatic carbocycles. The van der Waals surface area contributed by atoms with Crippen molar-refractivity contribution in [3.8, 4) is 5.69 Å². The molecule has 0 unspecified atom stereocenters. The fourth-order valence-electron chi connectivity index (χ4n) is 4.00. The van der Waals surface area contributed by atoms with Gasteiger partial charge in [0, 0.05) is 6.04 Å². The highest BCUT2D eigenvalue weighted by Crippen LogP contribution is 2.25. The summed E-state index contributed by atoms with van der Waals surface area (Å²) in [5, 5.41) is 6.76. The van der Waals surface area contributed by atoms with Crippen LogP contribution >= 0.6 is 11.8 Å². The van der Waals surface area contributed by atoms with Crippen molar-refractivity contribution in [2.45, 2.75) is 37.9 Å². The zero-order valence-electron chi connectivity index (χ0n) is 20.1. The van der Waals surface area contributed by atoms with Gasteiger partial charge in [-0.25, -0.2) is 4.98 Å². The van der Waals surface area contributed by atoms with Gasteiger partial charge in [0.1, 0.15) is 0 Å². The van der Waals surface area contributed by atoms with E-state index in [2.05, 4.69) is 10.6 Å². The first-order valence-corrected chi connectivity index (χ1v) is 12.8. The summed E-state index contributed by atoms with van der Waals surface area (Å²) in [6, 6.07) is 20.2. The summed E-state index contributed by atoms with van der Waals surface area (Å²) >= 11 is 1.19. The van der Waals surface area contributed by atoms with Gasteiger partial charge in [-0.2, -0.15) is 0 Å². The molecule has 3 aromatic carbocycles. The third-order valence-electron chi connectivity index (χ3n) is 6.25. The molecule has 36 heavy (non-hydrogen) atoms. The zero-order chi connectivity index (χ0) is 25.2. The molecule has 1 saturated carbocycles. The number of hydrogen-bond acceptors (Lipinski definition) is 5. The van der Waals surface area contributed by atoms with Gasteiger partial charge in [-0.05, 0) is 68.1 Å². The molecule has 1 aromatic heterocycles. The summed E-state index contributed by atoms with van der Waals surface area (Å²) in [6.45, 7) is 3.96. The number of hydrogen-bond donors (Lipinski definition) is 2. The van der Waals surface area contributed by atoms with Crippen molar-refractivity contribution in [3.05, 3.63) is 93.8 Å². The van der Waals surface area contributed by atoms with Gasteiger partial charge in [0.2, 0.25) is 5.91 Å². The number of rotatable bonds is 7. The molecule has 4 aromatic rings. The van der Waals surface area contributed by atoms with E-state index in [9.17, 15) is 14.4 Å². The number of amides is 2. The fourth-order valence-corrected chi connectivity index (χ4v) is 4.80. The summed E-state index contributed by atoms with van der Waals surface area (Å²) in [7, 11) is 0. The monoisotopic (exact) mass is 498 g/mol. The molecule has 7 nitrogen and oxygen atoms in total. The van der Waals surface area contributed by atoms with Crippen LogP contribution < -0.4 is 16.2 Å². The molecular formula is C28H26N4O3S. The van der Waals surface area contributed by atoms with Crippen molar-refractivity contribution in [1.82, 2.24) is 14.9 Å². The predicted molar refractivity (Wildman–Crippen MR) is 143 cm³/mol. The number of nitrogens with one attached hydrogen (secondary N) is 2. The summed E-state index contributed by atoms with van der Waals surface area (Å²) in [4.78, 5) is 43.8. The summed E-state index contributed by atoms with van der Waals surface area (Å²) < 4.78 is 1.58. The number of anilines is 1. The van der Waals surface area contributed by atoms with Crippen LogP contribution in [0.1, 0.15) is 34.3 Å². The van der Waals surface area contributed by atoms with E-state index in [1.807, 2.05) is 44.2 Å². The van der Waals surface area contributed by atoms with Crippen molar-refractivity contribution in [2.24, 2.45) is 0 Å². The molecule has 0 aliphatic heterocycles. The molecule has 0 atom stereocenters. The van der Waals surface area contributed by atoms with Gasteiger partial charge in [0.25, 0.3) is 11.5 Å². The molecular weight excluding hydrogens is 472 g/mol. The zero-order valence-corrected chi connectivity index (χ0v) is 20.9. The van der Waals surface area contributed by atoms with Crippen molar-refractivity contribution in [2.75, 3.05) is 11.1 Å². The molecule has 0 bridgehead atoms. The summed E-state index contributed by atoms with van der Waals surface area (Å²) in [6.07, 6.45) is 1.97. The van der Waals surface area contributed by atoms with Crippen LogP contribution in [0, 0.1) is 13.8 Å². The second-order valence-electron chi connectivity index (χ2n) is 8.90. The Hall–Kier alpha value is -3.91. The van der Waals surface area contributed by atoms with E-state index >= 15 is 0 Å². The van der Waals surface area contributed by atoms with Gasteiger partial charge in [-0.1, -0.05) is 48.2 Å². The van der Waals surface area contributed by atoms with Crippen LogP contribution in [0.15, 0.2) is 76.7 Å². The van der Waals surface area contributed by atoms with Gasteiger partial charge < -0.3 is 10.6 Å². The Morgan fingerprint density at radius 2 is 1.75 bits per heavy atom. The van der Waals surface area contributed by atoms with E-state index in [-0.39, 0.29) is 29.2 Å². The number of aromatic nitrogens is 2. The first-order chi connectivity index (χ1) is 17.4. The van der Waals surface area contributed by atoms with Crippen LogP contribution in [-0.4, -0.2) is 33.2 Å². The van der Waals surface area contributed by atoms with Crippen molar-refractivity contribution in [3.63, 3.8) is 0 Å². The number of carbonyl (C=O) groups is 2. The number of thioether (sulfide) groups is 1. The molecule has 1 fully saturated rings. The van der Waals surface area contributed by atoms with Crippen molar-refractivity contribution in [1.29, 1.82) is 0 Å². The van der Waals surface area contributed by atoms with Crippen LogP contribution in [0.2, 0.25) is 0 Å². The average Bonchev–Trinajstić information content (AvgIpc) is 3.69. The fraction of sp³-hybridized carbons (Fsp3) is 0.214. The maximum Gasteiger partial charge on any atom is 0.266 e. The Morgan fingerprint density at radius 3 is 2.56 bits per heavy atom. The Kier molecular flexibility index (Phi) is 6.61. The molecule has 1 heterocycles. The molecule has 0 radical (unpaired) electrons. The van der Waals surface area contributed by atoms with Crippen LogP contribution in [-0.2, 0) is 4.79 Å².